The third-order valence-electron chi connectivity index (χ3n) is 11.9. The summed E-state index contributed by atoms with van der Waals surface area (Å²) >= 11 is 0. The summed E-state index contributed by atoms with van der Waals surface area (Å²) in [5, 5.41) is 4.82. The minimum atomic E-state index is 0.00777. The van der Waals surface area contributed by atoms with E-state index in [4.69, 9.17) is 4.42 Å². The molecule has 53 heavy (non-hydrogen) atoms. The Hall–Kier alpha value is -6.98. The Morgan fingerprint density at radius 2 is 1.02 bits per heavy atom. The van der Waals surface area contributed by atoms with Crippen LogP contribution in [0.25, 0.3) is 71.7 Å². The molecule has 5 heterocycles. The molecule has 0 fully saturated rings. The van der Waals surface area contributed by atoms with Crippen molar-refractivity contribution in [3.8, 4) is 27.9 Å². The first kappa shape index (κ1) is 27.7. The molecule has 0 saturated carbocycles. The van der Waals surface area contributed by atoms with E-state index in [2.05, 4.69) is 184 Å². The molecule has 8 aromatic carbocycles. The van der Waals surface area contributed by atoms with Crippen LogP contribution in [0.15, 0.2) is 174 Å². The van der Waals surface area contributed by atoms with Gasteiger partial charge in [-0.2, -0.15) is 0 Å². The number of aromatic nitrogens is 1. The van der Waals surface area contributed by atoms with Gasteiger partial charge in [-0.3, -0.25) is 0 Å². The number of para-hydroxylation sites is 4. The standard InChI is InChI=1S/C48H28BN3O/c1-5-20-38-31(14-1)32-15-2-6-21-39(32)50(38)29-12-9-13-30(28-29)51-42-23-10-18-35-33-16-3-7-22-40(33)52-41-27-26-36-34-17-4-8-25-44(34)53-48(36)45(41)37-19-11-24-43(51)47(37)49(52)46(35)42/h1-28H. The van der Waals surface area contributed by atoms with Crippen LogP contribution in [-0.4, -0.2) is 11.4 Å². The predicted molar refractivity (Wildman–Crippen MR) is 221 cm³/mol. The zero-order valence-corrected chi connectivity index (χ0v) is 28.5. The van der Waals surface area contributed by atoms with Crippen molar-refractivity contribution in [3.05, 3.63) is 170 Å². The van der Waals surface area contributed by atoms with E-state index in [1.807, 2.05) is 0 Å². The molecule has 0 atom stereocenters. The van der Waals surface area contributed by atoms with Crippen LogP contribution in [0.2, 0.25) is 0 Å². The average molecular weight is 674 g/mol. The summed E-state index contributed by atoms with van der Waals surface area (Å²) in [6, 6.07) is 62.1. The summed E-state index contributed by atoms with van der Waals surface area (Å²) in [5.74, 6) is 0. The summed E-state index contributed by atoms with van der Waals surface area (Å²) < 4.78 is 9.21. The monoisotopic (exact) mass is 673 g/mol. The number of furan rings is 1. The van der Waals surface area contributed by atoms with Gasteiger partial charge in [-0.25, -0.2) is 0 Å². The van der Waals surface area contributed by atoms with Gasteiger partial charge in [0.15, 0.2) is 0 Å². The molecule has 3 aliphatic rings. The number of benzene rings is 8. The highest BCUT2D eigenvalue weighted by molar-refractivity contribution is 6.95. The lowest BCUT2D eigenvalue weighted by Gasteiger charge is -2.49. The van der Waals surface area contributed by atoms with Crippen molar-refractivity contribution in [2.24, 2.45) is 0 Å². The van der Waals surface area contributed by atoms with Crippen LogP contribution in [0.4, 0.5) is 28.4 Å². The highest BCUT2D eigenvalue weighted by Gasteiger charge is 2.49. The Kier molecular flexibility index (Phi) is 5.16. The van der Waals surface area contributed by atoms with Crippen LogP contribution >= 0.6 is 0 Å². The van der Waals surface area contributed by atoms with Crippen LogP contribution in [-0.2, 0) is 0 Å². The Labute approximate surface area is 305 Å². The average Bonchev–Trinajstić information content (AvgIpc) is 3.77. The normalized spacial score (nSPS) is 13.5. The smallest absolute Gasteiger partial charge is 0.333 e. The van der Waals surface area contributed by atoms with E-state index >= 15 is 0 Å². The van der Waals surface area contributed by atoms with E-state index in [-0.39, 0.29) is 6.85 Å². The Balaban J connectivity index is 1.13. The van der Waals surface area contributed by atoms with Gasteiger partial charge in [0.2, 0.25) is 0 Å². The van der Waals surface area contributed by atoms with Crippen LogP contribution in [0.1, 0.15) is 0 Å². The predicted octanol–water partition coefficient (Wildman–Crippen LogP) is 11.4. The van der Waals surface area contributed by atoms with Gasteiger partial charge in [-0.15, -0.1) is 0 Å². The molecule has 2 aromatic heterocycles. The Morgan fingerprint density at radius 3 is 1.83 bits per heavy atom. The molecule has 0 aliphatic carbocycles. The lowest BCUT2D eigenvalue weighted by Crippen LogP contribution is -2.63. The molecule has 0 radical (unpaired) electrons. The second-order valence-electron chi connectivity index (χ2n) is 14.4. The van der Waals surface area contributed by atoms with E-state index in [0.29, 0.717) is 0 Å². The summed E-state index contributed by atoms with van der Waals surface area (Å²) in [4.78, 5) is 5.09. The first-order chi connectivity index (χ1) is 26.3. The summed E-state index contributed by atoms with van der Waals surface area (Å²) in [7, 11) is 0. The molecule has 0 spiro atoms. The van der Waals surface area contributed by atoms with Crippen molar-refractivity contribution in [1.82, 2.24) is 4.57 Å². The van der Waals surface area contributed by atoms with Gasteiger partial charge >= 0.3 is 6.85 Å². The van der Waals surface area contributed by atoms with E-state index in [0.717, 1.165) is 38.9 Å². The second-order valence-corrected chi connectivity index (χ2v) is 14.4. The third-order valence-corrected chi connectivity index (χ3v) is 11.9. The fourth-order valence-corrected chi connectivity index (χ4v) is 9.86. The minimum absolute atomic E-state index is 0.00777. The van der Waals surface area contributed by atoms with Crippen LogP contribution in [0.5, 0.6) is 0 Å². The fourth-order valence-electron chi connectivity index (χ4n) is 9.86. The molecular weight excluding hydrogens is 645 g/mol. The van der Waals surface area contributed by atoms with Crippen molar-refractivity contribution in [2.45, 2.75) is 0 Å². The van der Waals surface area contributed by atoms with Gasteiger partial charge in [0.1, 0.15) is 11.2 Å². The zero-order chi connectivity index (χ0) is 34.4. The Bertz CT molecular complexity index is 3170. The first-order valence-corrected chi connectivity index (χ1v) is 18.3. The number of rotatable bonds is 2. The summed E-state index contributed by atoms with van der Waals surface area (Å²) in [6.07, 6.45) is 0. The number of nitrogens with zero attached hydrogens (tertiary/aromatic N) is 3. The maximum atomic E-state index is 6.80. The maximum absolute atomic E-state index is 6.80. The molecule has 0 N–H and O–H groups in total. The van der Waals surface area contributed by atoms with Crippen molar-refractivity contribution in [3.63, 3.8) is 0 Å². The topological polar surface area (TPSA) is 24.6 Å². The molecule has 0 saturated heterocycles. The second kappa shape index (κ2) is 9.87. The zero-order valence-electron chi connectivity index (χ0n) is 28.5. The molecule has 5 heteroatoms. The van der Waals surface area contributed by atoms with Gasteiger partial charge < -0.3 is 18.7 Å². The molecule has 244 valence electrons. The number of fused-ring (bicyclic) bond motifs is 13. The molecule has 0 unspecified atom stereocenters. The van der Waals surface area contributed by atoms with Crippen LogP contribution in [0.3, 0.4) is 0 Å². The SMILES string of the molecule is c1cc(N2c3cccc4c3B3c5c(cccc52)-c2c(ccc5c2oc2ccccc25)N3c2ccccc2-4)cc(-n2c3ccccc3c3ccccc32)c1. The molecule has 4 nitrogen and oxygen atoms in total. The molecular formula is C48H28BN3O. The lowest BCUT2D eigenvalue weighted by atomic mass is 9.41. The Morgan fingerprint density at radius 1 is 0.415 bits per heavy atom. The number of anilines is 5. The largest absolute Gasteiger partial charge is 0.455 e. The maximum Gasteiger partial charge on any atom is 0.333 e. The lowest BCUT2D eigenvalue weighted by molar-refractivity contribution is 0.670. The number of hydrogen-bond acceptors (Lipinski definition) is 3. The van der Waals surface area contributed by atoms with Crippen molar-refractivity contribution in [1.29, 1.82) is 0 Å². The van der Waals surface area contributed by atoms with Gasteiger partial charge in [0, 0.05) is 66.8 Å². The molecule has 13 rings (SSSR count). The van der Waals surface area contributed by atoms with E-state index in [1.54, 1.807) is 0 Å². The minimum Gasteiger partial charge on any atom is -0.455 e. The first-order valence-electron chi connectivity index (χ1n) is 18.3. The highest BCUT2D eigenvalue weighted by Crippen LogP contribution is 2.53. The van der Waals surface area contributed by atoms with Gasteiger partial charge in [0.05, 0.1) is 11.0 Å². The summed E-state index contributed by atoms with van der Waals surface area (Å²) in [6.45, 7) is 0.00777. The van der Waals surface area contributed by atoms with Gasteiger partial charge in [-0.05, 0) is 88.8 Å². The van der Waals surface area contributed by atoms with E-state index in [1.165, 1.54) is 72.2 Å². The molecule has 10 aromatic rings. The van der Waals surface area contributed by atoms with Crippen LogP contribution < -0.4 is 20.6 Å². The van der Waals surface area contributed by atoms with Crippen LogP contribution in [0, 0.1) is 0 Å². The van der Waals surface area contributed by atoms with E-state index < -0.39 is 0 Å². The molecule has 0 bridgehead atoms. The van der Waals surface area contributed by atoms with Crippen molar-refractivity contribution >= 4 is 90.0 Å². The molecule has 0 amide bonds. The van der Waals surface area contributed by atoms with E-state index in [9.17, 15) is 0 Å². The quantitative estimate of drug-likeness (QED) is 0.171. The fraction of sp³-hybridized carbons (Fsp3) is 0. The van der Waals surface area contributed by atoms with Crippen molar-refractivity contribution < 1.29 is 4.42 Å². The highest BCUT2D eigenvalue weighted by atomic mass is 16.3. The van der Waals surface area contributed by atoms with Gasteiger partial charge in [-0.1, -0.05) is 103 Å². The molecule has 3 aliphatic heterocycles. The van der Waals surface area contributed by atoms with Crippen molar-refractivity contribution in [2.75, 3.05) is 9.71 Å². The number of hydrogen-bond donors (Lipinski definition) is 0. The van der Waals surface area contributed by atoms with Gasteiger partial charge in [0.25, 0.3) is 0 Å². The summed E-state index contributed by atoms with van der Waals surface area (Å²) in [5.41, 5.74) is 18.9. The third kappa shape index (κ3) is 3.42.